The molecule has 1 heterocycles. The van der Waals surface area contributed by atoms with E-state index in [-0.39, 0.29) is 5.82 Å². The molecule has 0 amide bonds. The number of unbranched alkanes of at least 4 members (excludes halogenated alkanes) is 3. The molecule has 2 rings (SSSR count). The number of benzene rings is 1. The summed E-state index contributed by atoms with van der Waals surface area (Å²) < 4.78 is 21.1. The maximum atomic E-state index is 13.6. The van der Waals surface area contributed by atoms with Gasteiger partial charge in [0.1, 0.15) is 0 Å². The second-order valence-corrected chi connectivity index (χ2v) is 20.3. The summed E-state index contributed by atoms with van der Waals surface area (Å²) in [6.07, 6.45) is 9.83. The number of rotatable bonds is 11. The fourth-order valence-corrected chi connectivity index (χ4v) is 19.0. The number of hydrogen-bond acceptors (Lipinski definition) is 1. The topological polar surface area (TPSA) is 17.8 Å². The van der Waals surface area contributed by atoms with Gasteiger partial charge in [-0.25, -0.2) is 0 Å². The molecule has 4 heteroatoms. The second kappa shape index (κ2) is 10.3. The molecule has 0 saturated carbocycles. The van der Waals surface area contributed by atoms with Crippen molar-refractivity contribution in [2.24, 2.45) is 0 Å². The standard InChI is InChI=1S/C9H6FN2.3C4H9.Sn/c10-8-3-1-4-9(7-8)12-6-2-5-11-12;3*1-3-4-2;/h1-4,6-7H;3*1,3-4H2,2H3;. The molecule has 0 aliphatic heterocycles. The van der Waals surface area contributed by atoms with Crippen LogP contribution >= 0.6 is 0 Å². The third kappa shape index (κ3) is 5.57. The molecular formula is C21H33FN2Sn. The normalized spacial score (nSPS) is 11.8. The van der Waals surface area contributed by atoms with Crippen LogP contribution in [-0.2, 0) is 0 Å². The Morgan fingerprint density at radius 1 is 0.920 bits per heavy atom. The fourth-order valence-electron chi connectivity index (χ4n) is 3.67. The van der Waals surface area contributed by atoms with Crippen molar-refractivity contribution >= 4 is 22.1 Å². The first-order valence-electron chi connectivity index (χ1n) is 9.97. The first-order chi connectivity index (χ1) is 12.1. The molecule has 0 spiro atoms. The molecule has 0 atom stereocenters. The van der Waals surface area contributed by atoms with Gasteiger partial charge in [-0.2, -0.15) is 0 Å². The van der Waals surface area contributed by atoms with Gasteiger partial charge in [-0.15, -0.1) is 0 Å². The van der Waals surface area contributed by atoms with E-state index in [4.69, 9.17) is 5.10 Å². The average Bonchev–Trinajstić information content (AvgIpc) is 3.12. The van der Waals surface area contributed by atoms with E-state index >= 15 is 0 Å². The van der Waals surface area contributed by atoms with Gasteiger partial charge in [-0.1, -0.05) is 0 Å². The molecule has 138 valence electrons. The van der Waals surface area contributed by atoms with Crippen molar-refractivity contribution in [3.63, 3.8) is 0 Å². The van der Waals surface area contributed by atoms with Gasteiger partial charge in [0.15, 0.2) is 0 Å². The van der Waals surface area contributed by atoms with Gasteiger partial charge in [0.05, 0.1) is 0 Å². The Labute approximate surface area is 156 Å². The molecule has 0 radical (unpaired) electrons. The molecule has 0 aliphatic carbocycles. The van der Waals surface area contributed by atoms with Gasteiger partial charge < -0.3 is 0 Å². The van der Waals surface area contributed by atoms with Gasteiger partial charge in [-0.3, -0.25) is 0 Å². The summed E-state index contributed by atoms with van der Waals surface area (Å²) in [5, 5.41) is 5.00. The minimum atomic E-state index is -2.48. The Balaban J connectivity index is 2.34. The molecule has 0 bridgehead atoms. The molecule has 2 aromatic rings. The molecule has 0 unspecified atom stereocenters. The number of nitrogens with zero attached hydrogens (tertiary/aromatic N) is 2. The van der Waals surface area contributed by atoms with E-state index in [0.29, 0.717) is 0 Å². The number of hydrogen-bond donors (Lipinski definition) is 0. The zero-order chi connectivity index (χ0) is 18.1. The van der Waals surface area contributed by atoms with Crippen LogP contribution < -0.4 is 3.71 Å². The van der Waals surface area contributed by atoms with E-state index < -0.39 is 18.4 Å². The van der Waals surface area contributed by atoms with Crippen LogP contribution in [0, 0.1) is 5.82 Å². The third-order valence-corrected chi connectivity index (χ3v) is 20.3. The molecule has 1 aromatic carbocycles. The van der Waals surface area contributed by atoms with Crippen LogP contribution in [0.15, 0.2) is 36.5 Å². The van der Waals surface area contributed by atoms with E-state index in [1.165, 1.54) is 61.6 Å². The summed E-state index contributed by atoms with van der Waals surface area (Å²) in [4.78, 5) is 0. The van der Waals surface area contributed by atoms with Crippen LogP contribution in [-0.4, -0.2) is 28.2 Å². The zero-order valence-electron chi connectivity index (χ0n) is 16.1. The molecular weight excluding hydrogens is 418 g/mol. The molecule has 25 heavy (non-hydrogen) atoms. The van der Waals surface area contributed by atoms with Crippen molar-refractivity contribution in [1.29, 1.82) is 0 Å². The summed E-state index contributed by atoms with van der Waals surface area (Å²) in [6.45, 7) is 6.88. The monoisotopic (exact) mass is 452 g/mol. The molecule has 0 aliphatic rings. The Morgan fingerprint density at radius 2 is 1.52 bits per heavy atom. The van der Waals surface area contributed by atoms with Crippen LogP contribution in [0.4, 0.5) is 4.39 Å². The van der Waals surface area contributed by atoms with Crippen LogP contribution in [0.25, 0.3) is 5.69 Å². The maximum absolute atomic E-state index is 13.6. The van der Waals surface area contributed by atoms with Crippen LogP contribution in [0.2, 0.25) is 13.3 Å². The summed E-state index contributed by atoms with van der Waals surface area (Å²) in [6, 6.07) is 9.00. The van der Waals surface area contributed by atoms with E-state index in [1.54, 1.807) is 12.1 Å². The molecule has 2 nitrogen and oxygen atoms in total. The zero-order valence-corrected chi connectivity index (χ0v) is 19.0. The average molecular weight is 451 g/mol. The first-order valence-corrected chi connectivity index (χ1v) is 17.5. The van der Waals surface area contributed by atoms with Gasteiger partial charge in [-0.05, 0) is 0 Å². The van der Waals surface area contributed by atoms with E-state index in [0.717, 1.165) is 5.69 Å². The SMILES string of the molecule is CCC[CH2][Sn]([CH2]CCC)([CH2]CCC)[c]1ccn(-c2cccc(F)c2)n1. The van der Waals surface area contributed by atoms with Gasteiger partial charge in [0, 0.05) is 0 Å². The summed E-state index contributed by atoms with van der Waals surface area (Å²) >= 11 is -2.48. The predicted molar refractivity (Wildman–Crippen MR) is 108 cm³/mol. The van der Waals surface area contributed by atoms with Crippen molar-refractivity contribution in [3.8, 4) is 5.69 Å². The van der Waals surface area contributed by atoms with Crippen LogP contribution in [0.1, 0.15) is 59.3 Å². The molecule has 0 fully saturated rings. The Kier molecular flexibility index (Phi) is 8.47. The van der Waals surface area contributed by atoms with E-state index in [9.17, 15) is 4.39 Å². The van der Waals surface area contributed by atoms with Crippen LogP contribution in [0.5, 0.6) is 0 Å². The van der Waals surface area contributed by atoms with Crippen molar-refractivity contribution in [3.05, 3.63) is 42.3 Å². The van der Waals surface area contributed by atoms with Crippen molar-refractivity contribution in [1.82, 2.24) is 9.78 Å². The summed E-state index contributed by atoms with van der Waals surface area (Å²) in [5.41, 5.74) is 0.827. The quantitative estimate of drug-likeness (QED) is 0.380. The molecule has 1 aromatic heterocycles. The summed E-state index contributed by atoms with van der Waals surface area (Å²) in [7, 11) is 0. The Bertz CT molecular complexity index is 617. The van der Waals surface area contributed by atoms with Gasteiger partial charge in [0.2, 0.25) is 0 Å². The van der Waals surface area contributed by atoms with Crippen molar-refractivity contribution < 1.29 is 4.39 Å². The van der Waals surface area contributed by atoms with Crippen LogP contribution in [0.3, 0.4) is 0 Å². The Hall–Kier alpha value is -0.841. The number of aromatic nitrogens is 2. The predicted octanol–water partition coefficient (Wildman–Crippen LogP) is 6.07. The fraction of sp³-hybridized carbons (Fsp3) is 0.571. The Morgan fingerprint density at radius 3 is 2.04 bits per heavy atom. The van der Waals surface area contributed by atoms with Crippen molar-refractivity contribution in [2.45, 2.75) is 72.6 Å². The first kappa shape index (κ1) is 20.5. The number of halogens is 1. The van der Waals surface area contributed by atoms with Crippen molar-refractivity contribution in [2.75, 3.05) is 0 Å². The van der Waals surface area contributed by atoms with E-state index in [1.807, 2.05) is 16.9 Å². The van der Waals surface area contributed by atoms with Gasteiger partial charge in [0.25, 0.3) is 0 Å². The van der Waals surface area contributed by atoms with E-state index in [2.05, 4.69) is 26.8 Å². The van der Waals surface area contributed by atoms with Gasteiger partial charge >= 0.3 is 157 Å². The minimum absolute atomic E-state index is 0.202. The summed E-state index contributed by atoms with van der Waals surface area (Å²) in [5.74, 6) is -0.202. The second-order valence-electron chi connectivity index (χ2n) is 7.22. The molecule has 0 N–H and O–H groups in total. The third-order valence-electron chi connectivity index (χ3n) is 5.23. The molecule has 0 saturated heterocycles.